The number of rotatable bonds is 4. The molecule has 0 saturated heterocycles. The quantitative estimate of drug-likeness (QED) is 0.727. The van der Waals surface area contributed by atoms with Crippen LogP contribution >= 0.6 is 11.3 Å². The summed E-state index contributed by atoms with van der Waals surface area (Å²) < 4.78 is 32.4. The molecule has 3 aromatic heterocycles. The Morgan fingerprint density at radius 3 is 2.77 bits per heavy atom. The van der Waals surface area contributed by atoms with Crippen LogP contribution < -0.4 is 0 Å². The predicted octanol–water partition coefficient (Wildman–Crippen LogP) is 2.05. The molecule has 0 aliphatic heterocycles. The number of hydrogen-bond acceptors (Lipinski definition) is 6. The van der Waals surface area contributed by atoms with Gasteiger partial charge in [-0.3, -0.25) is 0 Å². The van der Waals surface area contributed by atoms with Crippen LogP contribution in [0, 0.1) is 0 Å². The Morgan fingerprint density at radius 2 is 2.14 bits per heavy atom. The lowest BCUT2D eigenvalue weighted by Gasteiger charge is -2.08. The smallest absolute Gasteiger partial charge is 0.274 e. The zero-order chi connectivity index (χ0) is 15.9. The largest absolute Gasteiger partial charge is 0.345 e. The average Bonchev–Trinajstić information content (AvgIpc) is 3.17. The SMILES string of the molecule is CN(C)S(=O)(=O)c1cc(-c2nc(-c3cccs3)no2)n(C)c1. The van der Waals surface area contributed by atoms with E-state index in [2.05, 4.69) is 10.1 Å². The molecule has 3 heterocycles. The van der Waals surface area contributed by atoms with Gasteiger partial charge in [-0.25, -0.2) is 12.7 Å². The highest BCUT2D eigenvalue weighted by atomic mass is 32.2. The predicted molar refractivity (Wildman–Crippen MR) is 82.9 cm³/mol. The number of sulfonamides is 1. The van der Waals surface area contributed by atoms with Crippen molar-refractivity contribution in [2.45, 2.75) is 4.90 Å². The molecule has 0 bridgehead atoms. The van der Waals surface area contributed by atoms with Crippen molar-refractivity contribution in [2.75, 3.05) is 14.1 Å². The molecule has 0 atom stereocenters. The molecule has 0 fully saturated rings. The van der Waals surface area contributed by atoms with Gasteiger partial charge in [0.25, 0.3) is 5.89 Å². The zero-order valence-electron chi connectivity index (χ0n) is 12.2. The van der Waals surface area contributed by atoms with Crippen LogP contribution in [0.5, 0.6) is 0 Å². The minimum absolute atomic E-state index is 0.186. The molecule has 22 heavy (non-hydrogen) atoms. The first-order chi connectivity index (χ1) is 10.4. The van der Waals surface area contributed by atoms with Gasteiger partial charge in [0.05, 0.1) is 4.88 Å². The molecule has 7 nitrogen and oxygen atoms in total. The monoisotopic (exact) mass is 338 g/mol. The second-order valence-electron chi connectivity index (χ2n) is 4.86. The fourth-order valence-electron chi connectivity index (χ4n) is 1.93. The molecule has 3 aromatic rings. The summed E-state index contributed by atoms with van der Waals surface area (Å²) in [6.45, 7) is 0. The Balaban J connectivity index is 2.02. The molecule has 0 aliphatic carbocycles. The molecule has 0 unspecified atom stereocenters. The lowest BCUT2D eigenvalue weighted by molar-refractivity contribution is 0.429. The Kier molecular flexibility index (Phi) is 3.63. The first-order valence-corrected chi connectivity index (χ1v) is 8.68. The fraction of sp³-hybridized carbons (Fsp3) is 0.231. The normalized spacial score (nSPS) is 12.2. The number of thiophene rings is 1. The maximum absolute atomic E-state index is 12.2. The molecular formula is C13H14N4O3S2. The van der Waals surface area contributed by atoms with Crippen LogP contribution in [0.4, 0.5) is 0 Å². The van der Waals surface area contributed by atoms with Crippen molar-refractivity contribution < 1.29 is 12.9 Å². The molecule has 0 N–H and O–H groups in total. The molecule has 0 aliphatic rings. The molecule has 0 spiro atoms. The summed E-state index contributed by atoms with van der Waals surface area (Å²) >= 11 is 1.51. The van der Waals surface area contributed by atoms with E-state index in [0.29, 0.717) is 11.5 Å². The number of hydrogen-bond donors (Lipinski definition) is 0. The van der Waals surface area contributed by atoms with Crippen molar-refractivity contribution in [3.05, 3.63) is 29.8 Å². The van der Waals surface area contributed by atoms with Crippen LogP contribution in [-0.4, -0.2) is 41.5 Å². The number of aromatic nitrogens is 3. The lowest BCUT2D eigenvalue weighted by atomic mass is 10.4. The minimum atomic E-state index is -3.50. The highest BCUT2D eigenvalue weighted by Gasteiger charge is 2.23. The Labute approximate surface area is 131 Å². The third kappa shape index (κ3) is 2.47. The summed E-state index contributed by atoms with van der Waals surface area (Å²) in [4.78, 5) is 5.41. The van der Waals surface area contributed by atoms with Gasteiger partial charge >= 0.3 is 0 Å². The van der Waals surface area contributed by atoms with Crippen LogP contribution in [0.1, 0.15) is 0 Å². The van der Waals surface area contributed by atoms with E-state index in [1.54, 1.807) is 11.6 Å². The van der Waals surface area contributed by atoms with Crippen LogP contribution in [-0.2, 0) is 17.1 Å². The van der Waals surface area contributed by atoms with Crippen LogP contribution in [0.3, 0.4) is 0 Å². The first kappa shape index (κ1) is 14.9. The Morgan fingerprint density at radius 1 is 1.36 bits per heavy atom. The van der Waals surface area contributed by atoms with Crippen molar-refractivity contribution in [3.8, 4) is 22.3 Å². The van der Waals surface area contributed by atoms with E-state index in [-0.39, 0.29) is 10.8 Å². The van der Waals surface area contributed by atoms with Crippen molar-refractivity contribution in [3.63, 3.8) is 0 Å². The van der Waals surface area contributed by atoms with E-state index in [1.807, 2.05) is 17.5 Å². The maximum atomic E-state index is 12.2. The molecule has 0 saturated carbocycles. The summed E-state index contributed by atoms with van der Waals surface area (Å²) in [6, 6.07) is 5.33. The molecule has 3 rings (SSSR count). The van der Waals surface area contributed by atoms with Crippen molar-refractivity contribution >= 4 is 21.4 Å². The van der Waals surface area contributed by atoms with Gasteiger partial charge < -0.3 is 9.09 Å². The standard InChI is InChI=1S/C13H14N4O3S2/c1-16(2)22(18,19)9-7-10(17(3)8-9)13-14-12(15-20-13)11-5-4-6-21-11/h4-8H,1-3H3. The third-order valence-corrected chi connectivity index (χ3v) is 5.79. The molecule has 116 valence electrons. The zero-order valence-corrected chi connectivity index (χ0v) is 13.8. The topological polar surface area (TPSA) is 81.2 Å². The average molecular weight is 338 g/mol. The van der Waals surface area contributed by atoms with E-state index in [1.165, 1.54) is 37.7 Å². The maximum Gasteiger partial charge on any atom is 0.274 e. The molecular weight excluding hydrogens is 324 g/mol. The van der Waals surface area contributed by atoms with Gasteiger partial charge in [0, 0.05) is 27.3 Å². The van der Waals surface area contributed by atoms with Crippen LogP contribution in [0.15, 0.2) is 39.2 Å². The van der Waals surface area contributed by atoms with E-state index >= 15 is 0 Å². The molecule has 0 amide bonds. The van der Waals surface area contributed by atoms with E-state index in [4.69, 9.17) is 4.52 Å². The van der Waals surface area contributed by atoms with Crippen LogP contribution in [0.25, 0.3) is 22.3 Å². The third-order valence-electron chi connectivity index (χ3n) is 3.15. The number of aryl methyl sites for hydroxylation is 1. The van der Waals surface area contributed by atoms with Gasteiger partial charge in [0.1, 0.15) is 10.6 Å². The summed E-state index contributed by atoms with van der Waals surface area (Å²) in [6.07, 6.45) is 1.53. The van der Waals surface area contributed by atoms with Gasteiger partial charge in [-0.15, -0.1) is 11.3 Å². The second kappa shape index (κ2) is 5.34. The van der Waals surface area contributed by atoms with Gasteiger partial charge in [0.2, 0.25) is 15.8 Å². The Hall–Kier alpha value is -1.97. The summed E-state index contributed by atoms with van der Waals surface area (Å²) in [5.41, 5.74) is 0.552. The second-order valence-corrected chi connectivity index (χ2v) is 7.96. The lowest BCUT2D eigenvalue weighted by Crippen LogP contribution is -2.21. The summed E-state index contributed by atoms with van der Waals surface area (Å²) in [7, 11) is 1.22. The van der Waals surface area contributed by atoms with E-state index in [9.17, 15) is 8.42 Å². The van der Waals surface area contributed by atoms with Gasteiger partial charge in [0.15, 0.2) is 0 Å². The van der Waals surface area contributed by atoms with Crippen molar-refractivity contribution in [2.24, 2.45) is 7.05 Å². The summed E-state index contributed by atoms with van der Waals surface area (Å²) in [5.74, 6) is 0.773. The Bertz CT molecular complexity index is 892. The van der Waals surface area contributed by atoms with E-state index < -0.39 is 10.0 Å². The highest BCUT2D eigenvalue weighted by molar-refractivity contribution is 7.89. The van der Waals surface area contributed by atoms with Crippen LogP contribution in [0.2, 0.25) is 0 Å². The first-order valence-electron chi connectivity index (χ1n) is 6.36. The van der Waals surface area contributed by atoms with Crippen molar-refractivity contribution in [1.82, 2.24) is 19.0 Å². The van der Waals surface area contributed by atoms with E-state index in [0.717, 1.165) is 9.18 Å². The van der Waals surface area contributed by atoms with Gasteiger partial charge in [-0.05, 0) is 17.5 Å². The fourth-order valence-corrected chi connectivity index (χ4v) is 3.55. The van der Waals surface area contributed by atoms with Crippen molar-refractivity contribution in [1.29, 1.82) is 0 Å². The highest BCUT2D eigenvalue weighted by Crippen LogP contribution is 2.27. The van der Waals surface area contributed by atoms with Gasteiger partial charge in [-0.1, -0.05) is 11.2 Å². The van der Waals surface area contributed by atoms with Gasteiger partial charge in [-0.2, -0.15) is 4.98 Å². The molecule has 0 aromatic carbocycles. The summed E-state index contributed by atoms with van der Waals surface area (Å²) in [5, 5.41) is 5.86. The minimum Gasteiger partial charge on any atom is -0.345 e. The molecule has 9 heteroatoms. The molecule has 0 radical (unpaired) electrons. The number of nitrogens with zero attached hydrogens (tertiary/aromatic N) is 4.